The van der Waals surface area contributed by atoms with E-state index >= 15 is 0 Å². The third-order valence-corrected chi connectivity index (χ3v) is 4.01. The fourth-order valence-corrected chi connectivity index (χ4v) is 1.97. The van der Waals surface area contributed by atoms with Crippen LogP contribution in [0.4, 0.5) is 0 Å². The number of rotatable bonds is 7. The number of amides is 1. The Morgan fingerprint density at radius 3 is 2.18 bits per heavy atom. The first-order chi connectivity index (χ1) is 7.70. The second kappa shape index (κ2) is 6.96. The van der Waals surface area contributed by atoms with Crippen LogP contribution in [-0.2, 0) is 14.6 Å². The Labute approximate surface area is 104 Å². The number of hydrogen-bond donors (Lipinski definition) is 1. The Balaban J connectivity index is 4.73. The van der Waals surface area contributed by atoms with Crippen LogP contribution in [0.2, 0.25) is 0 Å². The standard InChI is InChI=1S/C11H24N2O3S/c1-9(2)8-13(7-5-6-12)11(14)10(3)17(4,15)16/h9-10H,5-8,12H2,1-4H3. The summed E-state index contributed by atoms with van der Waals surface area (Å²) in [6.07, 6.45) is 1.78. The van der Waals surface area contributed by atoms with Gasteiger partial charge in [-0.15, -0.1) is 0 Å². The van der Waals surface area contributed by atoms with Crippen LogP contribution in [0.5, 0.6) is 0 Å². The molecule has 6 heteroatoms. The Bertz CT molecular complexity index is 339. The summed E-state index contributed by atoms with van der Waals surface area (Å²) in [5.41, 5.74) is 5.41. The fourth-order valence-electron chi connectivity index (χ4n) is 1.45. The first-order valence-corrected chi connectivity index (χ1v) is 7.83. The second-order valence-corrected chi connectivity index (χ2v) is 7.16. The molecule has 0 spiro atoms. The van der Waals surface area contributed by atoms with Crippen LogP contribution in [0.3, 0.4) is 0 Å². The molecule has 2 N–H and O–H groups in total. The predicted octanol–water partition coefficient (Wildman–Crippen LogP) is 0.253. The number of nitrogens with two attached hydrogens (primary N) is 1. The average molecular weight is 264 g/mol. The molecule has 17 heavy (non-hydrogen) atoms. The monoisotopic (exact) mass is 264 g/mol. The second-order valence-electron chi connectivity index (χ2n) is 4.79. The van der Waals surface area contributed by atoms with E-state index < -0.39 is 15.1 Å². The Kier molecular flexibility index (Phi) is 6.70. The van der Waals surface area contributed by atoms with Gasteiger partial charge in [0.25, 0.3) is 0 Å². The maximum absolute atomic E-state index is 12.0. The quantitative estimate of drug-likeness (QED) is 0.715. The first kappa shape index (κ1) is 16.4. The van der Waals surface area contributed by atoms with E-state index in [-0.39, 0.29) is 5.91 Å². The van der Waals surface area contributed by atoms with Crippen LogP contribution < -0.4 is 5.73 Å². The number of hydrogen-bond acceptors (Lipinski definition) is 4. The van der Waals surface area contributed by atoms with Crippen molar-refractivity contribution in [2.75, 3.05) is 25.9 Å². The molecule has 0 aromatic heterocycles. The largest absolute Gasteiger partial charge is 0.341 e. The molecule has 102 valence electrons. The average Bonchev–Trinajstić information content (AvgIpc) is 2.20. The maximum atomic E-state index is 12.0. The molecule has 0 aliphatic heterocycles. The third kappa shape index (κ3) is 6.02. The van der Waals surface area contributed by atoms with E-state index in [1.54, 1.807) is 4.90 Å². The van der Waals surface area contributed by atoms with E-state index in [2.05, 4.69) is 0 Å². The van der Waals surface area contributed by atoms with Crippen molar-refractivity contribution in [3.63, 3.8) is 0 Å². The highest BCUT2D eigenvalue weighted by molar-refractivity contribution is 7.92. The SMILES string of the molecule is CC(C)CN(CCCN)C(=O)C(C)S(C)(=O)=O. The van der Waals surface area contributed by atoms with Gasteiger partial charge in [-0.3, -0.25) is 4.79 Å². The molecule has 0 aromatic rings. The van der Waals surface area contributed by atoms with Crippen LogP contribution in [0.1, 0.15) is 27.2 Å². The van der Waals surface area contributed by atoms with Crippen molar-refractivity contribution in [2.24, 2.45) is 11.7 Å². The van der Waals surface area contributed by atoms with Crippen LogP contribution in [-0.4, -0.2) is 50.4 Å². The summed E-state index contributed by atoms with van der Waals surface area (Å²) in [5, 5.41) is -0.973. The molecule has 0 saturated carbocycles. The number of sulfone groups is 1. The van der Waals surface area contributed by atoms with Gasteiger partial charge in [-0.2, -0.15) is 0 Å². The molecule has 0 aliphatic rings. The normalized spacial score (nSPS) is 13.8. The van der Waals surface area contributed by atoms with Gasteiger partial charge in [0, 0.05) is 19.3 Å². The van der Waals surface area contributed by atoms with Gasteiger partial charge in [-0.25, -0.2) is 8.42 Å². The van der Waals surface area contributed by atoms with E-state index in [9.17, 15) is 13.2 Å². The summed E-state index contributed by atoms with van der Waals surface area (Å²) < 4.78 is 22.7. The highest BCUT2D eigenvalue weighted by Crippen LogP contribution is 2.07. The van der Waals surface area contributed by atoms with E-state index in [4.69, 9.17) is 5.73 Å². The Hall–Kier alpha value is -0.620. The molecule has 1 amide bonds. The van der Waals surface area contributed by atoms with Crippen LogP contribution in [0, 0.1) is 5.92 Å². The molecule has 0 rings (SSSR count). The molecule has 0 bridgehead atoms. The summed E-state index contributed by atoms with van der Waals surface area (Å²) in [7, 11) is -3.33. The minimum absolute atomic E-state index is 0.309. The van der Waals surface area contributed by atoms with Gasteiger partial charge in [0.1, 0.15) is 5.25 Å². The van der Waals surface area contributed by atoms with E-state index in [1.165, 1.54) is 6.92 Å². The van der Waals surface area contributed by atoms with Crippen LogP contribution in [0.25, 0.3) is 0 Å². The van der Waals surface area contributed by atoms with Crippen LogP contribution in [0.15, 0.2) is 0 Å². The Morgan fingerprint density at radius 2 is 1.82 bits per heavy atom. The van der Waals surface area contributed by atoms with Gasteiger partial charge in [-0.1, -0.05) is 13.8 Å². The molecule has 0 aromatic carbocycles. The molecular weight excluding hydrogens is 240 g/mol. The molecule has 0 heterocycles. The third-order valence-electron chi connectivity index (χ3n) is 2.52. The summed E-state index contributed by atoms with van der Waals surface area (Å²) in [6, 6.07) is 0. The van der Waals surface area contributed by atoms with Crippen molar-refractivity contribution in [1.29, 1.82) is 0 Å². The zero-order valence-corrected chi connectivity index (χ0v) is 12.0. The highest BCUT2D eigenvalue weighted by atomic mass is 32.2. The topological polar surface area (TPSA) is 80.5 Å². The van der Waals surface area contributed by atoms with E-state index in [1.807, 2.05) is 13.8 Å². The molecule has 0 saturated heterocycles. The van der Waals surface area contributed by atoms with Gasteiger partial charge < -0.3 is 10.6 Å². The molecule has 0 radical (unpaired) electrons. The maximum Gasteiger partial charge on any atom is 0.240 e. The van der Waals surface area contributed by atoms with Crippen LogP contribution >= 0.6 is 0 Å². The molecule has 1 atom stereocenters. The zero-order valence-electron chi connectivity index (χ0n) is 11.1. The molecule has 0 aliphatic carbocycles. The van der Waals surface area contributed by atoms with Crippen molar-refractivity contribution >= 4 is 15.7 Å². The lowest BCUT2D eigenvalue weighted by atomic mass is 10.2. The zero-order chi connectivity index (χ0) is 13.6. The summed E-state index contributed by atoms with van der Waals surface area (Å²) in [5.74, 6) is -0.0156. The summed E-state index contributed by atoms with van der Waals surface area (Å²) >= 11 is 0. The molecule has 1 unspecified atom stereocenters. The van der Waals surface area contributed by atoms with Crippen molar-refractivity contribution < 1.29 is 13.2 Å². The first-order valence-electron chi connectivity index (χ1n) is 5.87. The number of carbonyl (C=O) groups excluding carboxylic acids is 1. The van der Waals surface area contributed by atoms with E-state index in [0.29, 0.717) is 32.0 Å². The van der Waals surface area contributed by atoms with Gasteiger partial charge in [0.2, 0.25) is 5.91 Å². The van der Waals surface area contributed by atoms with Gasteiger partial charge in [0.15, 0.2) is 9.84 Å². The lowest BCUT2D eigenvalue weighted by Crippen LogP contribution is -2.43. The predicted molar refractivity (Wildman–Crippen MR) is 69.4 cm³/mol. The minimum atomic E-state index is -3.33. The molecule has 0 fully saturated rings. The summed E-state index contributed by atoms with van der Waals surface area (Å²) in [6.45, 7) is 7.01. The fraction of sp³-hybridized carbons (Fsp3) is 0.909. The lowest BCUT2D eigenvalue weighted by molar-refractivity contribution is -0.131. The van der Waals surface area contributed by atoms with Crippen molar-refractivity contribution in [3.05, 3.63) is 0 Å². The van der Waals surface area contributed by atoms with Crippen molar-refractivity contribution in [3.8, 4) is 0 Å². The molecule has 5 nitrogen and oxygen atoms in total. The van der Waals surface area contributed by atoms with Gasteiger partial charge in [-0.05, 0) is 25.8 Å². The minimum Gasteiger partial charge on any atom is -0.341 e. The Morgan fingerprint density at radius 1 is 1.29 bits per heavy atom. The van der Waals surface area contributed by atoms with Crippen molar-refractivity contribution in [1.82, 2.24) is 4.90 Å². The van der Waals surface area contributed by atoms with Crippen molar-refractivity contribution in [2.45, 2.75) is 32.4 Å². The van der Waals surface area contributed by atoms with Gasteiger partial charge >= 0.3 is 0 Å². The summed E-state index contributed by atoms with van der Waals surface area (Å²) in [4.78, 5) is 13.6. The number of nitrogens with zero attached hydrogens (tertiary/aromatic N) is 1. The smallest absolute Gasteiger partial charge is 0.240 e. The lowest BCUT2D eigenvalue weighted by Gasteiger charge is -2.26. The number of carbonyl (C=O) groups is 1. The highest BCUT2D eigenvalue weighted by Gasteiger charge is 2.28. The van der Waals surface area contributed by atoms with E-state index in [0.717, 1.165) is 6.26 Å². The molecular formula is C11H24N2O3S. The van der Waals surface area contributed by atoms with Gasteiger partial charge in [0.05, 0.1) is 0 Å².